The fraction of sp³-hybridized carbons (Fsp3) is 0.357. The number of benzene rings is 1. The zero-order valence-electron chi connectivity index (χ0n) is 10.4. The molecule has 0 bridgehead atoms. The second-order valence-electron chi connectivity index (χ2n) is 4.25. The van der Waals surface area contributed by atoms with E-state index in [-0.39, 0.29) is 0 Å². The number of carbonyl (C=O) groups is 1. The van der Waals surface area contributed by atoms with Crippen LogP contribution in [-0.2, 0) is 22.7 Å². The van der Waals surface area contributed by atoms with Gasteiger partial charge in [-0.3, -0.25) is 0 Å². The summed E-state index contributed by atoms with van der Waals surface area (Å²) >= 11 is 0. The van der Waals surface area contributed by atoms with Gasteiger partial charge in [-0.2, -0.15) is 0 Å². The molecule has 2 rings (SSSR count). The van der Waals surface area contributed by atoms with E-state index in [0.717, 1.165) is 5.69 Å². The highest BCUT2D eigenvalue weighted by molar-refractivity contribution is 5.86. The second-order valence-corrected chi connectivity index (χ2v) is 4.25. The quantitative estimate of drug-likeness (QED) is 0.785. The highest BCUT2D eigenvalue weighted by Crippen LogP contribution is 2.23. The molecule has 4 nitrogen and oxygen atoms in total. The average molecular weight is 247 g/mol. The van der Waals surface area contributed by atoms with E-state index >= 15 is 0 Å². The SMILES string of the molecule is CC/C(=C/CNc1ccc2c(c1)COC2)C(=O)O. The number of aliphatic carboxylic acids is 1. The lowest BCUT2D eigenvalue weighted by atomic mass is 10.1. The number of ether oxygens (including phenoxy) is 1. The van der Waals surface area contributed by atoms with Crippen molar-refractivity contribution in [2.24, 2.45) is 0 Å². The number of carboxylic acids is 1. The molecule has 1 aromatic rings. The molecule has 2 N–H and O–H groups in total. The first kappa shape index (κ1) is 12.6. The molecule has 18 heavy (non-hydrogen) atoms. The van der Waals surface area contributed by atoms with Crippen LogP contribution in [0.1, 0.15) is 24.5 Å². The van der Waals surface area contributed by atoms with Gasteiger partial charge in [0, 0.05) is 17.8 Å². The average Bonchev–Trinajstić information content (AvgIpc) is 2.81. The van der Waals surface area contributed by atoms with Crippen LogP contribution in [0.5, 0.6) is 0 Å². The van der Waals surface area contributed by atoms with Crippen LogP contribution >= 0.6 is 0 Å². The van der Waals surface area contributed by atoms with Crippen LogP contribution in [0.2, 0.25) is 0 Å². The maximum absolute atomic E-state index is 10.8. The van der Waals surface area contributed by atoms with Crippen LogP contribution in [0.25, 0.3) is 0 Å². The topological polar surface area (TPSA) is 58.6 Å². The second kappa shape index (κ2) is 5.69. The summed E-state index contributed by atoms with van der Waals surface area (Å²) in [6.45, 7) is 3.71. The molecule has 0 saturated carbocycles. The molecule has 1 heterocycles. The molecule has 96 valence electrons. The molecular weight excluding hydrogens is 230 g/mol. The maximum atomic E-state index is 10.8. The zero-order chi connectivity index (χ0) is 13.0. The number of carboxylic acid groups (broad SMARTS) is 1. The van der Waals surface area contributed by atoms with Crippen LogP contribution in [0, 0.1) is 0 Å². The number of rotatable bonds is 5. The minimum Gasteiger partial charge on any atom is -0.478 e. The summed E-state index contributed by atoms with van der Waals surface area (Å²) in [5.74, 6) is -0.846. The van der Waals surface area contributed by atoms with Crippen LogP contribution in [0.3, 0.4) is 0 Å². The molecule has 0 radical (unpaired) electrons. The Hall–Kier alpha value is -1.81. The molecule has 0 unspecified atom stereocenters. The summed E-state index contributed by atoms with van der Waals surface area (Å²) in [6.07, 6.45) is 2.25. The lowest BCUT2D eigenvalue weighted by Gasteiger charge is -2.06. The van der Waals surface area contributed by atoms with E-state index in [9.17, 15) is 4.79 Å². The Labute approximate surface area is 106 Å². The van der Waals surface area contributed by atoms with Gasteiger partial charge < -0.3 is 15.2 Å². The Morgan fingerprint density at radius 3 is 2.94 bits per heavy atom. The minimum atomic E-state index is -0.846. The molecule has 0 atom stereocenters. The van der Waals surface area contributed by atoms with E-state index in [1.54, 1.807) is 6.08 Å². The lowest BCUT2D eigenvalue weighted by Crippen LogP contribution is -2.05. The molecule has 0 spiro atoms. The molecule has 0 saturated heterocycles. The van der Waals surface area contributed by atoms with Crippen LogP contribution in [0.4, 0.5) is 5.69 Å². The minimum absolute atomic E-state index is 0.437. The van der Waals surface area contributed by atoms with Crippen molar-refractivity contribution in [3.05, 3.63) is 41.0 Å². The summed E-state index contributed by atoms with van der Waals surface area (Å²) in [4.78, 5) is 10.8. The van der Waals surface area contributed by atoms with Gasteiger partial charge in [0.2, 0.25) is 0 Å². The summed E-state index contributed by atoms with van der Waals surface area (Å²) in [6, 6.07) is 6.10. The van der Waals surface area contributed by atoms with Gasteiger partial charge >= 0.3 is 5.97 Å². The van der Waals surface area contributed by atoms with Crippen molar-refractivity contribution in [3.63, 3.8) is 0 Å². The van der Waals surface area contributed by atoms with E-state index < -0.39 is 5.97 Å². The summed E-state index contributed by atoms with van der Waals surface area (Å²) in [5.41, 5.74) is 3.87. The number of fused-ring (bicyclic) bond motifs is 1. The summed E-state index contributed by atoms with van der Waals surface area (Å²) in [7, 11) is 0. The third-order valence-electron chi connectivity index (χ3n) is 3.03. The summed E-state index contributed by atoms with van der Waals surface area (Å²) in [5, 5.41) is 12.1. The van der Waals surface area contributed by atoms with Crippen molar-refractivity contribution in [1.82, 2.24) is 0 Å². The highest BCUT2D eigenvalue weighted by atomic mass is 16.5. The molecular formula is C14H17NO3. The number of nitrogens with one attached hydrogen (secondary N) is 1. The van der Waals surface area contributed by atoms with Gasteiger partial charge in [0.15, 0.2) is 0 Å². The van der Waals surface area contributed by atoms with Crippen molar-refractivity contribution in [2.45, 2.75) is 26.6 Å². The molecule has 0 aromatic heterocycles. The molecule has 1 aliphatic rings. The van der Waals surface area contributed by atoms with Crippen molar-refractivity contribution >= 4 is 11.7 Å². The first-order valence-electron chi connectivity index (χ1n) is 6.06. The predicted octanol–water partition coefficient (Wildman–Crippen LogP) is 2.55. The Morgan fingerprint density at radius 2 is 2.22 bits per heavy atom. The molecule has 4 heteroatoms. The zero-order valence-corrected chi connectivity index (χ0v) is 10.4. The molecule has 0 amide bonds. The van der Waals surface area contributed by atoms with E-state index in [1.165, 1.54) is 11.1 Å². The highest BCUT2D eigenvalue weighted by Gasteiger charge is 2.10. The molecule has 1 aliphatic heterocycles. The Morgan fingerprint density at radius 1 is 1.44 bits per heavy atom. The third-order valence-corrected chi connectivity index (χ3v) is 3.03. The van der Waals surface area contributed by atoms with E-state index in [0.29, 0.717) is 31.8 Å². The van der Waals surface area contributed by atoms with Gasteiger partial charge in [0.05, 0.1) is 13.2 Å². The van der Waals surface area contributed by atoms with Gasteiger partial charge in [0.1, 0.15) is 0 Å². The Kier molecular flexibility index (Phi) is 3.99. The first-order valence-corrected chi connectivity index (χ1v) is 6.06. The Balaban J connectivity index is 1.96. The Bertz CT molecular complexity index is 480. The number of anilines is 1. The van der Waals surface area contributed by atoms with Gasteiger partial charge in [-0.15, -0.1) is 0 Å². The van der Waals surface area contributed by atoms with E-state index in [4.69, 9.17) is 9.84 Å². The monoisotopic (exact) mass is 247 g/mol. The summed E-state index contributed by atoms with van der Waals surface area (Å²) < 4.78 is 5.34. The van der Waals surface area contributed by atoms with Gasteiger partial charge in [-0.05, 0) is 29.7 Å². The van der Waals surface area contributed by atoms with E-state index in [1.807, 2.05) is 19.1 Å². The van der Waals surface area contributed by atoms with Crippen molar-refractivity contribution in [3.8, 4) is 0 Å². The first-order chi connectivity index (χ1) is 8.70. The van der Waals surface area contributed by atoms with Crippen molar-refractivity contribution < 1.29 is 14.6 Å². The predicted molar refractivity (Wildman–Crippen MR) is 69.4 cm³/mol. The van der Waals surface area contributed by atoms with Gasteiger partial charge in [0.25, 0.3) is 0 Å². The smallest absolute Gasteiger partial charge is 0.331 e. The van der Waals surface area contributed by atoms with Crippen molar-refractivity contribution in [1.29, 1.82) is 0 Å². The number of hydrogen-bond donors (Lipinski definition) is 2. The maximum Gasteiger partial charge on any atom is 0.331 e. The molecule has 0 fully saturated rings. The standard InChI is InChI=1S/C14H17NO3/c1-2-10(14(16)17)5-6-15-13-4-3-11-8-18-9-12(11)7-13/h3-5,7,15H,2,6,8-9H2,1H3,(H,16,17)/b10-5-. The van der Waals surface area contributed by atoms with E-state index in [2.05, 4.69) is 11.4 Å². The fourth-order valence-corrected chi connectivity index (χ4v) is 1.96. The molecule has 0 aliphatic carbocycles. The third kappa shape index (κ3) is 2.90. The van der Waals surface area contributed by atoms with Crippen LogP contribution in [-0.4, -0.2) is 17.6 Å². The fourth-order valence-electron chi connectivity index (χ4n) is 1.96. The largest absolute Gasteiger partial charge is 0.478 e. The normalized spacial score (nSPS) is 14.4. The number of hydrogen-bond acceptors (Lipinski definition) is 3. The van der Waals surface area contributed by atoms with Crippen LogP contribution in [0.15, 0.2) is 29.8 Å². The van der Waals surface area contributed by atoms with Crippen molar-refractivity contribution in [2.75, 3.05) is 11.9 Å². The molecule has 1 aromatic carbocycles. The van der Waals surface area contributed by atoms with Gasteiger partial charge in [-0.25, -0.2) is 4.79 Å². The van der Waals surface area contributed by atoms with Crippen LogP contribution < -0.4 is 5.32 Å². The lowest BCUT2D eigenvalue weighted by molar-refractivity contribution is -0.132. The van der Waals surface area contributed by atoms with Gasteiger partial charge in [-0.1, -0.05) is 19.1 Å².